The second-order valence-corrected chi connectivity index (χ2v) is 6.72. The van der Waals surface area contributed by atoms with Crippen LogP contribution in [0.2, 0.25) is 0 Å². The number of amides is 1. The predicted molar refractivity (Wildman–Crippen MR) is 102 cm³/mol. The van der Waals surface area contributed by atoms with Gasteiger partial charge in [0.05, 0.1) is 10.6 Å². The van der Waals surface area contributed by atoms with Crippen LogP contribution < -0.4 is 5.32 Å². The Morgan fingerprint density at radius 1 is 1.16 bits per heavy atom. The van der Waals surface area contributed by atoms with Gasteiger partial charge in [0.1, 0.15) is 5.75 Å². The van der Waals surface area contributed by atoms with E-state index in [1.54, 1.807) is 24.3 Å². The van der Waals surface area contributed by atoms with Gasteiger partial charge >= 0.3 is 0 Å². The van der Waals surface area contributed by atoms with Gasteiger partial charge < -0.3 is 15.0 Å². The normalized spacial score (nSPS) is 17.6. The Labute approximate surface area is 148 Å². The van der Waals surface area contributed by atoms with Gasteiger partial charge in [-0.3, -0.25) is 4.79 Å². The average Bonchev–Trinajstić information content (AvgIpc) is 3.11. The molecule has 25 heavy (non-hydrogen) atoms. The van der Waals surface area contributed by atoms with Gasteiger partial charge in [-0.05, 0) is 54.2 Å². The minimum Gasteiger partial charge on any atom is -0.508 e. The van der Waals surface area contributed by atoms with Crippen molar-refractivity contribution in [3.05, 3.63) is 65.2 Å². The van der Waals surface area contributed by atoms with Crippen LogP contribution in [0.1, 0.15) is 5.69 Å². The third kappa shape index (κ3) is 3.04. The molecule has 4 rings (SSSR count). The molecule has 0 spiro atoms. The number of phenols is 1. The lowest BCUT2D eigenvalue weighted by atomic mass is 10.2. The molecule has 0 saturated carbocycles. The molecule has 1 aliphatic rings. The van der Waals surface area contributed by atoms with Crippen LogP contribution in [0.25, 0.3) is 17.0 Å². The molecular weight excluding hydrogens is 334 g/mol. The third-order valence-electron chi connectivity index (χ3n) is 4.00. The van der Waals surface area contributed by atoms with Crippen molar-refractivity contribution in [3.63, 3.8) is 0 Å². The number of rotatable bonds is 2. The quantitative estimate of drug-likeness (QED) is 0.692. The van der Waals surface area contributed by atoms with Gasteiger partial charge in [-0.25, -0.2) is 4.99 Å². The highest BCUT2D eigenvalue weighted by Gasteiger charge is 2.24. The molecule has 124 valence electrons. The zero-order valence-corrected chi connectivity index (χ0v) is 14.2. The average molecular weight is 349 g/mol. The fourth-order valence-electron chi connectivity index (χ4n) is 2.71. The molecule has 2 heterocycles. The standard InChI is InChI=1S/C19H15N3O2S/c1-22-14(10-12-4-2-3-5-16(12)22)11-17-18(24)21-19(25-17)20-13-6-8-15(23)9-7-13/h2-11,23H,1H3,(H,20,21,24)/b17-11+. The number of para-hydroxylation sites is 1. The molecule has 0 aliphatic carbocycles. The minimum atomic E-state index is -0.159. The molecular formula is C19H15N3O2S. The number of benzene rings is 2. The van der Waals surface area contributed by atoms with Crippen molar-refractivity contribution in [1.29, 1.82) is 0 Å². The molecule has 1 amide bonds. The van der Waals surface area contributed by atoms with Gasteiger partial charge in [-0.15, -0.1) is 0 Å². The van der Waals surface area contributed by atoms with E-state index in [0.29, 0.717) is 15.8 Å². The van der Waals surface area contributed by atoms with Crippen LogP contribution in [0.5, 0.6) is 5.75 Å². The Hall–Kier alpha value is -2.99. The van der Waals surface area contributed by atoms with E-state index < -0.39 is 0 Å². The van der Waals surface area contributed by atoms with Crippen LogP contribution in [0.15, 0.2) is 64.5 Å². The first kappa shape index (κ1) is 15.5. The molecule has 2 aromatic carbocycles. The van der Waals surface area contributed by atoms with Crippen molar-refractivity contribution in [3.8, 4) is 5.75 Å². The van der Waals surface area contributed by atoms with Crippen molar-refractivity contribution in [2.75, 3.05) is 0 Å². The number of nitrogens with zero attached hydrogens (tertiary/aromatic N) is 2. The van der Waals surface area contributed by atoms with Gasteiger partial charge in [-0.1, -0.05) is 18.2 Å². The molecule has 6 heteroatoms. The maximum absolute atomic E-state index is 12.2. The molecule has 3 aromatic rings. The van der Waals surface area contributed by atoms with Gasteiger partial charge in [-0.2, -0.15) is 0 Å². The van der Waals surface area contributed by atoms with Crippen molar-refractivity contribution in [1.82, 2.24) is 9.88 Å². The molecule has 0 unspecified atom stereocenters. The molecule has 5 nitrogen and oxygen atoms in total. The maximum atomic E-state index is 12.2. The van der Waals surface area contributed by atoms with E-state index in [4.69, 9.17) is 0 Å². The van der Waals surface area contributed by atoms with E-state index in [1.165, 1.54) is 11.8 Å². The summed E-state index contributed by atoms with van der Waals surface area (Å²) >= 11 is 1.31. The highest BCUT2D eigenvalue weighted by Crippen LogP contribution is 2.29. The van der Waals surface area contributed by atoms with Crippen LogP contribution in [0, 0.1) is 0 Å². The number of aliphatic imine (C=N–C) groups is 1. The number of thioether (sulfide) groups is 1. The Morgan fingerprint density at radius 2 is 1.92 bits per heavy atom. The number of nitrogens with one attached hydrogen (secondary N) is 1. The third-order valence-corrected chi connectivity index (χ3v) is 4.91. The van der Waals surface area contributed by atoms with E-state index in [9.17, 15) is 9.90 Å². The first-order valence-electron chi connectivity index (χ1n) is 7.73. The van der Waals surface area contributed by atoms with Crippen molar-refractivity contribution < 1.29 is 9.90 Å². The lowest BCUT2D eigenvalue weighted by molar-refractivity contribution is -0.115. The summed E-state index contributed by atoms with van der Waals surface area (Å²) in [5, 5.41) is 13.8. The van der Waals surface area contributed by atoms with Crippen LogP contribution in [-0.4, -0.2) is 20.7 Å². The summed E-state index contributed by atoms with van der Waals surface area (Å²) in [6.45, 7) is 0. The molecule has 2 N–H and O–H groups in total. The van der Waals surface area contributed by atoms with E-state index in [0.717, 1.165) is 16.6 Å². The minimum absolute atomic E-state index is 0.159. The second-order valence-electron chi connectivity index (χ2n) is 5.69. The Morgan fingerprint density at radius 3 is 2.68 bits per heavy atom. The fourth-order valence-corrected chi connectivity index (χ4v) is 3.53. The lowest BCUT2D eigenvalue weighted by Gasteiger charge is -1.99. The summed E-state index contributed by atoms with van der Waals surface area (Å²) in [7, 11) is 1.98. The molecule has 1 fully saturated rings. The predicted octanol–water partition coefficient (Wildman–Crippen LogP) is 3.78. The number of hydrogen-bond donors (Lipinski definition) is 2. The topological polar surface area (TPSA) is 66.6 Å². The zero-order valence-electron chi connectivity index (χ0n) is 13.4. The number of aromatic hydroxyl groups is 1. The first-order chi connectivity index (χ1) is 12.1. The number of aryl methyl sites for hydroxylation is 1. The number of carbonyl (C=O) groups excluding carboxylic acids is 1. The van der Waals surface area contributed by atoms with Crippen LogP contribution >= 0.6 is 11.8 Å². The van der Waals surface area contributed by atoms with Gasteiger partial charge in [0.25, 0.3) is 5.91 Å². The number of carbonyl (C=O) groups is 1. The number of aromatic nitrogens is 1. The van der Waals surface area contributed by atoms with E-state index in [1.807, 2.05) is 25.3 Å². The summed E-state index contributed by atoms with van der Waals surface area (Å²) in [6.07, 6.45) is 1.87. The molecule has 1 aromatic heterocycles. The van der Waals surface area contributed by atoms with Crippen molar-refractivity contribution in [2.24, 2.45) is 12.0 Å². The first-order valence-corrected chi connectivity index (χ1v) is 8.55. The van der Waals surface area contributed by atoms with E-state index in [-0.39, 0.29) is 11.7 Å². The monoisotopic (exact) mass is 349 g/mol. The second kappa shape index (κ2) is 6.14. The Kier molecular flexibility index (Phi) is 3.82. The van der Waals surface area contributed by atoms with Gasteiger partial charge in [0.2, 0.25) is 0 Å². The zero-order chi connectivity index (χ0) is 17.4. The highest BCUT2D eigenvalue weighted by molar-refractivity contribution is 8.18. The molecule has 1 aliphatic heterocycles. The molecule has 0 atom stereocenters. The molecule has 1 saturated heterocycles. The van der Waals surface area contributed by atoms with Crippen molar-refractivity contribution >= 4 is 45.5 Å². The summed E-state index contributed by atoms with van der Waals surface area (Å²) in [4.78, 5) is 17.2. The number of phenolic OH excluding ortho intramolecular Hbond substituents is 1. The maximum Gasteiger partial charge on any atom is 0.264 e. The lowest BCUT2D eigenvalue weighted by Crippen LogP contribution is -2.19. The Balaban J connectivity index is 1.64. The number of fused-ring (bicyclic) bond motifs is 1. The van der Waals surface area contributed by atoms with E-state index >= 15 is 0 Å². The summed E-state index contributed by atoms with van der Waals surface area (Å²) in [6, 6.07) is 16.7. The molecule has 0 bridgehead atoms. The fraction of sp³-hybridized carbons (Fsp3) is 0.0526. The molecule has 0 radical (unpaired) electrons. The summed E-state index contributed by atoms with van der Waals surface area (Å²) in [5.74, 6) is 0.0243. The Bertz CT molecular complexity index is 1030. The van der Waals surface area contributed by atoms with Crippen LogP contribution in [0.4, 0.5) is 5.69 Å². The largest absolute Gasteiger partial charge is 0.508 e. The van der Waals surface area contributed by atoms with Crippen LogP contribution in [-0.2, 0) is 11.8 Å². The van der Waals surface area contributed by atoms with E-state index in [2.05, 4.69) is 33.1 Å². The summed E-state index contributed by atoms with van der Waals surface area (Å²) in [5.41, 5.74) is 2.76. The summed E-state index contributed by atoms with van der Waals surface area (Å²) < 4.78 is 2.06. The number of amidine groups is 1. The van der Waals surface area contributed by atoms with Crippen molar-refractivity contribution in [2.45, 2.75) is 0 Å². The SMILES string of the molecule is Cn1c(/C=C2/SC(=Nc3ccc(O)cc3)NC2=O)cc2ccccc21. The van der Waals surface area contributed by atoms with Gasteiger partial charge in [0.15, 0.2) is 5.17 Å². The highest BCUT2D eigenvalue weighted by atomic mass is 32.2. The number of hydrogen-bond acceptors (Lipinski definition) is 4. The van der Waals surface area contributed by atoms with Crippen LogP contribution in [0.3, 0.4) is 0 Å². The van der Waals surface area contributed by atoms with Gasteiger partial charge in [0, 0.05) is 23.6 Å². The smallest absolute Gasteiger partial charge is 0.264 e.